The zero-order valence-electron chi connectivity index (χ0n) is 11.8. The molecular weight excluding hydrogens is 250 g/mol. The minimum atomic E-state index is -0.231. The molecule has 0 N–H and O–H groups in total. The number of piperidine rings is 1. The normalized spacial score (nSPS) is 25.3. The van der Waals surface area contributed by atoms with Crippen LogP contribution in [0.4, 0.5) is 0 Å². The number of fused-ring (bicyclic) bond motifs is 1. The zero-order chi connectivity index (χ0) is 13.6. The summed E-state index contributed by atoms with van der Waals surface area (Å²) in [6, 6.07) is 7.68. The Morgan fingerprint density at radius 1 is 1.20 bits per heavy atom. The number of ketones is 1. The van der Waals surface area contributed by atoms with Crippen LogP contribution < -0.4 is 4.74 Å². The molecular formula is C17H21NO2. The number of hydrogen-bond acceptors (Lipinski definition) is 3. The number of Topliss-reactive ketones (excluding diaryl/α,β-unsaturated/α-hetero) is 1. The predicted octanol–water partition coefficient (Wildman–Crippen LogP) is 2.90. The molecule has 0 aromatic heterocycles. The van der Waals surface area contributed by atoms with Crippen molar-refractivity contribution in [1.82, 2.24) is 4.90 Å². The third-order valence-corrected chi connectivity index (χ3v) is 4.98. The van der Waals surface area contributed by atoms with Gasteiger partial charge in [-0.1, -0.05) is 12.1 Å². The van der Waals surface area contributed by atoms with Crippen molar-refractivity contribution in [2.75, 3.05) is 19.6 Å². The lowest BCUT2D eigenvalue weighted by Gasteiger charge is -2.44. The largest absolute Gasteiger partial charge is 0.486 e. The number of ether oxygens (including phenoxy) is 1. The average Bonchev–Trinajstić information content (AvgIpc) is 3.26. The highest BCUT2D eigenvalue weighted by atomic mass is 16.5. The Labute approximate surface area is 119 Å². The summed E-state index contributed by atoms with van der Waals surface area (Å²) in [5.41, 5.74) is 0.532. The molecule has 0 radical (unpaired) electrons. The van der Waals surface area contributed by atoms with Gasteiger partial charge in [-0.15, -0.1) is 0 Å². The van der Waals surface area contributed by atoms with E-state index < -0.39 is 0 Å². The van der Waals surface area contributed by atoms with Gasteiger partial charge in [0.15, 0.2) is 5.78 Å². The average molecular weight is 271 g/mol. The van der Waals surface area contributed by atoms with Gasteiger partial charge in [-0.2, -0.15) is 0 Å². The van der Waals surface area contributed by atoms with E-state index in [1.807, 2.05) is 24.3 Å². The molecule has 1 spiro atoms. The summed E-state index contributed by atoms with van der Waals surface area (Å²) >= 11 is 0. The van der Waals surface area contributed by atoms with Gasteiger partial charge in [0.05, 0.1) is 12.0 Å². The summed E-state index contributed by atoms with van der Waals surface area (Å²) in [6.45, 7) is 3.40. The lowest BCUT2D eigenvalue weighted by Crippen LogP contribution is -2.51. The van der Waals surface area contributed by atoms with Crippen LogP contribution in [0.2, 0.25) is 0 Å². The summed E-state index contributed by atoms with van der Waals surface area (Å²) in [6.07, 6.45) is 5.34. The molecule has 2 fully saturated rings. The first-order valence-corrected chi connectivity index (χ1v) is 7.78. The molecule has 0 unspecified atom stereocenters. The maximum atomic E-state index is 12.3. The number of hydrogen-bond donors (Lipinski definition) is 0. The zero-order valence-corrected chi connectivity index (χ0v) is 11.8. The van der Waals surface area contributed by atoms with Crippen LogP contribution >= 0.6 is 0 Å². The Kier molecular flexibility index (Phi) is 2.84. The second-order valence-electron chi connectivity index (χ2n) is 6.63. The first kappa shape index (κ1) is 12.4. The molecule has 1 aromatic carbocycles. The summed E-state index contributed by atoms with van der Waals surface area (Å²) < 4.78 is 6.25. The molecule has 2 aliphatic heterocycles. The number of rotatable bonds is 2. The molecule has 0 bridgehead atoms. The van der Waals surface area contributed by atoms with Crippen LogP contribution in [0.25, 0.3) is 0 Å². The van der Waals surface area contributed by atoms with Gasteiger partial charge in [0, 0.05) is 32.5 Å². The first-order valence-electron chi connectivity index (χ1n) is 7.78. The number of para-hydroxylation sites is 1. The standard InChI is InChI=1S/C17H21NO2/c19-15-11-17(20-16-4-2-1-3-14(15)16)7-9-18(10-8-17)12-13-5-6-13/h1-4,13H,5-12H2. The lowest BCUT2D eigenvalue weighted by molar-refractivity contribution is -0.00980. The highest BCUT2D eigenvalue weighted by molar-refractivity contribution is 6.00. The number of nitrogens with zero attached hydrogens (tertiary/aromatic N) is 1. The minimum Gasteiger partial charge on any atom is -0.486 e. The lowest BCUT2D eigenvalue weighted by atomic mass is 9.82. The van der Waals surface area contributed by atoms with Crippen LogP contribution in [0.15, 0.2) is 24.3 Å². The van der Waals surface area contributed by atoms with Crippen LogP contribution in [0.3, 0.4) is 0 Å². The van der Waals surface area contributed by atoms with E-state index in [9.17, 15) is 4.79 Å². The maximum absolute atomic E-state index is 12.3. The molecule has 1 saturated carbocycles. The molecule has 0 amide bonds. The number of likely N-dealkylation sites (tertiary alicyclic amines) is 1. The molecule has 3 nitrogen and oxygen atoms in total. The fourth-order valence-corrected chi connectivity index (χ4v) is 3.53. The Hall–Kier alpha value is -1.35. The monoisotopic (exact) mass is 271 g/mol. The van der Waals surface area contributed by atoms with Crippen molar-refractivity contribution in [3.63, 3.8) is 0 Å². The van der Waals surface area contributed by atoms with Gasteiger partial charge >= 0.3 is 0 Å². The number of benzene rings is 1. The quantitative estimate of drug-likeness (QED) is 0.828. The van der Waals surface area contributed by atoms with Crippen LogP contribution in [0.1, 0.15) is 42.5 Å². The van der Waals surface area contributed by atoms with Crippen LogP contribution in [-0.2, 0) is 0 Å². The molecule has 1 aromatic rings. The summed E-state index contributed by atoms with van der Waals surface area (Å²) in [4.78, 5) is 14.9. The molecule has 20 heavy (non-hydrogen) atoms. The molecule has 2 heterocycles. The fraction of sp³-hybridized carbons (Fsp3) is 0.588. The van der Waals surface area contributed by atoms with E-state index in [2.05, 4.69) is 4.90 Å². The second-order valence-corrected chi connectivity index (χ2v) is 6.63. The van der Waals surface area contributed by atoms with E-state index in [0.29, 0.717) is 6.42 Å². The van der Waals surface area contributed by atoms with Crippen molar-refractivity contribution in [3.8, 4) is 5.75 Å². The molecule has 106 valence electrons. The molecule has 3 aliphatic rings. The Morgan fingerprint density at radius 3 is 2.70 bits per heavy atom. The van der Waals surface area contributed by atoms with Crippen LogP contribution in [-0.4, -0.2) is 35.9 Å². The van der Waals surface area contributed by atoms with E-state index in [-0.39, 0.29) is 11.4 Å². The van der Waals surface area contributed by atoms with Crippen LogP contribution in [0, 0.1) is 5.92 Å². The molecule has 1 saturated heterocycles. The highest BCUT2D eigenvalue weighted by Gasteiger charge is 2.43. The first-order chi connectivity index (χ1) is 9.74. The van der Waals surface area contributed by atoms with Crippen molar-refractivity contribution in [2.45, 2.75) is 37.7 Å². The van der Waals surface area contributed by atoms with E-state index >= 15 is 0 Å². The van der Waals surface area contributed by atoms with Gasteiger partial charge in [0.2, 0.25) is 0 Å². The topological polar surface area (TPSA) is 29.5 Å². The van der Waals surface area contributed by atoms with Crippen molar-refractivity contribution in [2.24, 2.45) is 5.92 Å². The van der Waals surface area contributed by atoms with Crippen LogP contribution in [0.5, 0.6) is 5.75 Å². The third-order valence-electron chi connectivity index (χ3n) is 4.98. The summed E-state index contributed by atoms with van der Waals surface area (Å²) in [5.74, 6) is 1.99. The number of carbonyl (C=O) groups excluding carboxylic acids is 1. The predicted molar refractivity (Wildman–Crippen MR) is 77.1 cm³/mol. The summed E-state index contributed by atoms with van der Waals surface area (Å²) in [7, 11) is 0. The SMILES string of the molecule is O=C1CC2(CCN(CC3CC3)CC2)Oc2ccccc21. The Bertz CT molecular complexity index is 528. The summed E-state index contributed by atoms with van der Waals surface area (Å²) in [5, 5.41) is 0. The van der Waals surface area contributed by atoms with Crippen molar-refractivity contribution in [1.29, 1.82) is 0 Å². The van der Waals surface area contributed by atoms with Gasteiger partial charge in [0.25, 0.3) is 0 Å². The van der Waals surface area contributed by atoms with E-state index in [0.717, 1.165) is 43.2 Å². The Balaban J connectivity index is 1.48. The minimum absolute atomic E-state index is 0.231. The van der Waals surface area contributed by atoms with Crippen molar-refractivity contribution < 1.29 is 9.53 Å². The van der Waals surface area contributed by atoms with E-state index in [1.165, 1.54) is 19.4 Å². The number of carbonyl (C=O) groups is 1. The van der Waals surface area contributed by atoms with Gasteiger partial charge in [-0.25, -0.2) is 0 Å². The van der Waals surface area contributed by atoms with E-state index in [4.69, 9.17) is 4.74 Å². The molecule has 3 heteroatoms. The van der Waals surface area contributed by atoms with Gasteiger partial charge in [-0.3, -0.25) is 4.79 Å². The Morgan fingerprint density at radius 2 is 1.95 bits per heavy atom. The van der Waals surface area contributed by atoms with Crippen molar-refractivity contribution in [3.05, 3.63) is 29.8 Å². The van der Waals surface area contributed by atoms with E-state index in [1.54, 1.807) is 0 Å². The smallest absolute Gasteiger partial charge is 0.170 e. The molecule has 1 aliphatic carbocycles. The highest BCUT2D eigenvalue weighted by Crippen LogP contribution is 2.40. The van der Waals surface area contributed by atoms with Gasteiger partial charge < -0.3 is 9.64 Å². The third kappa shape index (κ3) is 2.24. The molecule has 0 atom stereocenters. The van der Waals surface area contributed by atoms with Gasteiger partial charge in [0.1, 0.15) is 11.4 Å². The van der Waals surface area contributed by atoms with Gasteiger partial charge in [-0.05, 0) is 30.9 Å². The second kappa shape index (κ2) is 4.59. The van der Waals surface area contributed by atoms with Crippen molar-refractivity contribution >= 4 is 5.78 Å². The fourth-order valence-electron chi connectivity index (χ4n) is 3.53. The maximum Gasteiger partial charge on any atom is 0.170 e. The molecule has 4 rings (SSSR count).